The monoisotopic (exact) mass is 180 g/mol. The first-order chi connectivity index (χ1) is 4.85. The molecule has 3 N–H and O–H groups in total. The van der Waals surface area contributed by atoms with Crippen molar-refractivity contribution in [1.82, 2.24) is 4.31 Å². The Bertz CT molecular complexity index is 284. The van der Waals surface area contributed by atoms with Gasteiger partial charge in [-0.25, -0.2) is 4.31 Å². The zero-order valence-corrected chi connectivity index (χ0v) is 6.58. The molecule has 1 aliphatic rings. The maximum Gasteiger partial charge on any atom is 0.362 e. The molecule has 0 aromatic rings. The second-order valence-corrected chi connectivity index (χ2v) is 3.67. The summed E-state index contributed by atoms with van der Waals surface area (Å²) in [4.78, 5) is 10.7. The quantitative estimate of drug-likeness (QED) is 0.372. The van der Waals surface area contributed by atoms with Crippen LogP contribution in [0, 0.1) is 0 Å². The Kier molecular flexibility index (Phi) is 1.66. The van der Waals surface area contributed by atoms with Crippen molar-refractivity contribution >= 4 is 16.2 Å². The summed E-state index contributed by atoms with van der Waals surface area (Å²) in [6.07, 6.45) is 0. The number of hydrogen-bond donors (Lipinski definition) is 2. The molecule has 1 amide bonds. The van der Waals surface area contributed by atoms with E-state index in [0.717, 1.165) is 0 Å². The first-order valence-electron chi connectivity index (χ1n) is 2.92. The smallest absolute Gasteiger partial charge is 0.318 e. The van der Waals surface area contributed by atoms with Crippen molar-refractivity contribution in [2.75, 3.05) is 0 Å². The lowest BCUT2D eigenvalue weighted by molar-refractivity contribution is -0.139. The third kappa shape index (κ3) is 1.10. The molecule has 0 aliphatic carbocycles. The molecule has 0 saturated carbocycles. The molecular weight excluding hydrogens is 172 g/mol. The maximum atomic E-state index is 10.7. The van der Waals surface area contributed by atoms with Gasteiger partial charge in [0.2, 0.25) is 0 Å². The highest BCUT2D eigenvalue weighted by Crippen LogP contribution is 2.20. The van der Waals surface area contributed by atoms with Crippen molar-refractivity contribution in [3.63, 3.8) is 0 Å². The van der Waals surface area contributed by atoms with Crippen LogP contribution in [-0.2, 0) is 15.1 Å². The Labute approximate surface area is 63.9 Å². The largest absolute Gasteiger partial charge is 0.362 e. The summed E-state index contributed by atoms with van der Waals surface area (Å²) in [5, 5.41) is 0. The van der Waals surface area contributed by atoms with Gasteiger partial charge in [0.05, 0.1) is 6.04 Å². The van der Waals surface area contributed by atoms with E-state index in [1.54, 1.807) is 0 Å². The molecule has 1 saturated heterocycles. The molecule has 2 atom stereocenters. The molecule has 0 radical (unpaired) electrons. The van der Waals surface area contributed by atoms with Gasteiger partial charge in [-0.1, -0.05) is 0 Å². The minimum Gasteiger partial charge on any atom is -0.318 e. The van der Waals surface area contributed by atoms with Gasteiger partial charge in [-0.2, -0.15) is 8.42 Å². The molecule has 7 heteroatoms. The standard InChI is InChI=1S/C4H8N2O4S/c1-2-3(5)4(7)6(2)11(8,9)10/h2-3H,5H2,1H3,(H,8,9,10)/t2-,3-/m1/s1. The minimum absolute atomic E-state index is 0.359. The molecule has 11 heavy (non-hydrogen) atoms. The van der Waals surface area contributed by atoms with Crippen LogP contribution in [0.15, 0.2) is 0 Å². The normalized spacial score (nSPS) is 31.9. The molecular formula is C4H8N2O4S. The molecule has 64 valence electrons. The second kappa shape index (κ2) is 2.16. The highest BCUT2D eigenvalue weighted by atomic mass is 32.2. The predicted octanol–water partition coefficient (Wildman–Crippen LogP) is -1.65. The fourth-order valence-corrected chi connectivity index (χ4v) is 1.84. The zero-order valence-electron chi connectivity index (χ0n) is 5.76. The maximum absolute atomic E-state index is 10.7. The van der Waals surface area contributed by atoms with E-state index in [1.165, 1.54) is 6.92 Å². The highest BCUT2D eigenvalue weighted by molar-refractivity contribution is 7.84. The minimum atomic E-state index is -4.39. The van der Waals surface area contributed by atoms with E-state index in [1.807, 2.05) is 0 Å². The number of β-lactam (4-membered cyclic amide) rings is 1. The number of nitrogens with zero attached hydrogens (tertiary/aromatic N) is 1. The summed E-state index contributed by atoms with van der Waals surface area (Å²) >= 11 is 0. The van der Waals surface area contributed by atoms with Gasteiger partial charge in [0.15, 0.2) is 0 Å². The second-order valence-electron chi connectivity index (χ2n) is 2.38. The van der Waals surface area contributed by atoms with Crippen molar-refractivity contribution in [2.45, 2.75) is 19.0 Å². The van der Waals surface area contributed by atoms with Gasteiger partial charge in [-0.05, 0) is 6.92 Å². The van der Waals surface area contributed by atoms with Crippen molar-refractivity contribution < 1.29 is 17.8 Å². The zero-order chi connectivity index (χ0) is 8.81. The van der Waals surface area contributed by atoms with Crippen molar-refractivity contribution in [3.05, 3.63) is 0 Å². The van der Waals surface area contributed by atoms with E-state index in [4.69, 9.17) is 10.3 Å². The highest BCUT2D eigenvalue weighted by Gasteiger charge is 2.48. The average molecular weight is 180 g/mol. The Morgan fingerprint density at radius 2 is 2.09 bits per heavy atom. The van der Waals surface area contributed by atoms with E-state index in [2.05, 4.69) is 0 Å². The van der Waals surface area contributed by atoms with Crippen molar-refractivity contribution in [2.24, 2.45) is 5.73 Å². The average Bonchev–Trinajstić information content (AvgIpc) is 1.85. The lowest BCUT2D eigenvalue weighted by Crippen LogP contribution is -2.68. The first kappa shape index (κ1) is 8.44. The Balaban J connectivity index is 2.88. The van der Waals surface area contributed by atoms with Gasteiger partial charge >= 0.3 is 10.3 Å². The Morgan fingerprint density at radius 3 is 2.27 bits per heavy atom. The summed E-state index contributed by atoms with van der Waals surface area (Å²) in [6, 6.07) is -1.45. The fourth-order valence-electron chi connectivity index (χ4n) is 0.942. The van der Waals surface area contributed by atoms with Gasteiger partial charge in [-0.15, -0.1) is 0 Å². The van der Waals surface area contributed by atoms with Crippen LogP contribution in [0.25, 0.3) is 0 Å². The topological polar surface area (TPSA) is 101 Å². The number of carbonyl (C=O) groups excluding carboxylic acids is 1. The van der Waals surface area contributed by atoms with Crippen LogP contribution in [0.3, 0.4) is 0 Å². The SMILES string of the molecule is C[C@@H]1[C@@H](N)C(=O)N1S(=O)(=O)O. The number of amides is 1. The fraction of sp³-hybridized carbons (Fsp3) is 0.750. The Hall–Kier alpha value is -0.660. The Morgan fingerprint density at radius 1 is 1.64 bits per heavy atom. The van der Waals surface area contributed by atoms with Crippen LogP contribution in [0.1, 0.15) is 6.92 Å². The van der Waals surface area contributed by atoms with E-state index < -0.39 is 28.3 Å². The van der Waals surface area contributed by atoms with Gasteiger partial charge < -0.3 is 5.73 Å². The molecule has 0 bridgehead atoms. The molecule has 1 fully saturated rings. The van der Waals surface area contributed by atoms with Crippen LogP contribution in [0.5, 0.6) is 0 Å². The van der Waals surface area contributed by atoms with E-state index in [0.29, 0.717) is 4.31 Å². The number of rotatable bonds is 1. The predicted molar refractivity (Wildman–Crippen MR) is 35.8 cm³/mol. The molecule has 0 spiro atoms. The first-order valence-corrected chi connectivity index (χ1v) is 4.31. The lowest BCUT2D eigenvalue weighted by atomic mass is 10.0. The molecule has 0 unspecified atom stereocenters. The summed E-state index contributed by atoms with van der Waals surface area (Å²) in [7, 11) is -4.39. The molecule has 0 aromatic heterocycles. The van der Waals surface area contributed by atoms with E-state index in [-0.39, 0.29) is 0 Å². The van der Waals surface area contributed by atoms with Gasteiger partial charge in [-0.3, -0.25) is 9.35 Å². The molecule has 6 nitrogen and oxygen atoms in total. The third-order valence-electron chi connectivity index (χ3n) is 1.64. The number of nitrogens with two attached hydrogens (primary N) is 1. The summed E-state index contributed by atoms with van der Waals surface area (Å²) in [5.41, 5.74) is 5.19. The summed E-state index contributed by atoms with van der Waals surface area (Å²) in [6.45, 7) is 1.44. The molecule has 0 aromatic carbocycles. The van der Waals surface area contributed by atoms with Crippen LogP contribution in [0.4, 0.5) is 0 Å². The van der Waals surface area contributed by atoms with Crippen LogP contribution in [0.2, 0.25) is 0 Å². The molecule has 1 aliphatic heterocycles. The van der Waals surface area contributed by atoms with E-state index in [9.17, 15) is 13.2 Å². The summed E-state index contributed by atoms with van der Waals surface area (Å²) < 4.78 is 29.5. The van der Waals surface area contributed by atoms with Gasteiger partial charge in [0, 0.05) is 0 Å². The van der Waals surface area contributed by atoms with Crippen molar-refractivity contribution in [1.29, 1.82) is 0 Å². The van der Waals surface area contributed by atoms with Gasteiger partial charge in [0.25, 0.3) is 5.91 Å². The van der Waals surface area contributed by atoms with Crippen LogP contribution < -0.4 is 5.73 Å². The molecule has 1 heterocycles. The summed E-state index contributed by atoms with van der Waals surface area (Å²) in [5.74, 6) is -0.764. The van der Waals surface area contributed by atoms with E-state index >= 15 is 0 Å². The third-order valence-corrected chi connectivity index (χ3v) is 2.65. The number of hydrogen-bond acceptors (Lipinski definition) is 4. The van der Waals surface area contributed by atoms with Crippen molar-refractivity contribution in [3.8, 4) is 0 Å². The van der Waals surface area contributed by atoms with Crippen LogP contribution in [-0.4, -0.2) is 35.3 Å². The van der Waals surface area contributed by atoms with Gasteiger partial charge in [0.1, 0.15) is 6.04 Å². The molecule has 1 rings (SSSR count). The number of carbonyl (C=O) groups is 1. The van der Waals surface area contributed by atoms with Crippen LogP contribution >= 0.6 is 0 Å². The lowest BCUT2D eigenvalue weighted by Gasteiger charge is -2.39.